The second-order valence-corrected chi connectivity index (χ2v) is 7.91. The molecule has 0 saturated heterocycles. The van der Waals surface area contributed by atoms with E-state index in [-0.39, 0.29) is 12.0 Å². The highest BCUT2D eigenvalue weighted by Crippen LogP contribution is 2.43. The number of nitrogens with zero attached hydrogens (tertiary/aromatic N) is 2. The summed E-state index contributed by atoms with van der Waals surface area (Å²) >= 11 is 0. The fraction of sp³-hybridized carbons (Fsp3) is 0.591. The van der Waals surface area contributed by atoms with Crippen LogP contribution in [-0.4, -0.2) is 57.7 Å². The van der Waals surface area contributed by atoms with Crippen molar-refractivity contribution in [3.63, 3.8) is 0 Å². The molecule has 1 aromatic heterocycles. The molecule has 11 heteroatoms. The van der Waals surface area contributed by atoms with Gasteiger partial charge in [-0.05, 0) is 36.8 Å². The molecule has 3 rings (SSSR count). The summed E-state index contributed by atoms with van der Waals surface area (Å²) in [6.45, 7) is -0.777. The number of halogens is 3. The summed E-state index contributed by atoms with van der Waals surface area (Å²) in [7, 11) is 1.21. The lowest BCUT2D eigenvalue weighted by Gasteiger charge is -2.28. The first-order valence-electron chi connectivity index (χ1n) is 10.8. The highest BCUT2D eigenvalue weighted by molar-refractivity contribution is 5.39. The maximum atomic E-state index is 14.1. The van der Waals surface area contributed by atoms with Crippen LogP contribution in [0.5, 0.6) is 5.88 Å². The van der Waals surface area contributed by atoms with Crippen LogP contribution in [0.15, 0.2) is 24.3 Å². The van der Waals surface area contributed by atoms with E-state index in [4.69, 9.17) is 19.3 Å². The minimum absolute atomic E-state index is 0.131. The Morgan fingerprint density at radius 1 is 1.15 bits per heavy atom. The largest absolute Gasteiger partial charge is 0.433 e. The Hall–Kier alpha value is -2.18. The molecule has 1 saturated carbocycles. The Labute approximate surface area is 189 Å². The lowest BCUT2D eigenvalue weighted by molar-refractivity contribution is -0.307. The quantitative estimate of drug-likeness (QED) is 0.430. The molecule has 1 heterocycles. The van der Waals surface area contributed by atoms with Gasteiger partial charge in [0.2, 0.25) is 5.88 Å². The normalized spacial score (nSPS) is 17.5. The molecule has 0 amide bonds. The van der Waals surface area contributed by atoms with Crippen LogP contribution in [0, 0.1) is 0 Å². The second-order valence-electron chi connectivity index (χ2n) is 7.91. The molecule has 0 spiro atoms. The zero-order chi connectivity index (χ0) is 24.2. The summed E-state index contributed by atoms with van der Waals surface area (Å²) in [4.78, 5) is 0. The average Bonchev–Trinajstić information content (AvgIpc) is 3.05. The lowest BCUT2D eigenvalue weighted by Crippen LogP contribution is -2.38. The molecule has 1 fully saturated rings. The number of aromatic nitrogens is 2. The maximum absolute atomic E-state index is 14.1. The van der Waals surface area contributed by atoms with Gasteiger partial charge in [-0.25, -0.2) is 0 Å². The van der Waals surface area contributed by atoms with Crippen LogP contribution in [0.3, 0.4) is 0 Å². The van der Waals surface area contributed by atoms with Crippen LogP contribution in [-0.2, 0) is 28.5 Å². The number of benzene rings is 1. The fourth-order valence-electron chi connectivity index (χ4n) is 3.61. The number of aliphatic hydroxyl groups is 3. The SMILES string of the molecule is CCc1ccc(Cc2c(OC(O)OC(O)C(CO)OC)nn(C3CCC3)c2C(F)(F)F)cc1. The monoisotopic (exact) mass is 474 g/mol. The predicted octanol–water partition coefficient (Wildman–Crippen LogP) is 2.78. The van der Waals surface area contributed by atoms with E-state index in [1.165, 1.54) is 7.11 Å². The number of hydrogen-bond acceptors (Lipinski definition) is 7. The molecular formula is C22H29F3N2O6. The summed E-state index contributed by atoms with van der Waals surface area (Å²) in [5, 5.41) is 33.2. The molecule has 0 bridgehead atoms. The lowest BCUT2D eigenvalue weighted by atomic mass is 9.93. The van der Waals surface area contributed by atoms with Gasteiger partial charge in [-0.1, -0.05) is 31.2 Å². The van der Waals surface area contributed by atoms with Crippen LogP contribution < -0.4 is 4.74 Å². The van der Waals surface area contributed by atoms with Crippen molar-refractivity contribution in [2.75, 3.05) is 13.7 Å². The third-order valence-electron chi connectivity index (χ3n) is 5.74. The first-order valence-corrected chi connectivity index (χ1v) is 10.8. The third-order valence-corrected chi connectivity index (χ3v) is 5.74. The van der Waals surface area contributed by atoms with Gasteiger partial charge < -0.3 is 24.8 Å². The highest BCUT2D eigenvalue weighted by atomic mass is 19.4. The van der Waals surface area contributed by atoms with E-state index < -0.39 is 49.3 Å². The minimum Gasteiger partial charge on any atom is -0.422 e. The Balaban J connectivity index is 1.94. The Kier molecular flexibility index (Phi) is 8.35. The van der Waals surface area contributed by atoms with E-state index in [2.05, 4.69) is 5.10 Å². The number of aryl methyl sites for hydroxylation is 1. The summed E-state index contributed by atoms with van der Waals surface area (Å²) in [6.07, 6.45) is -5.10. The number of ether oxygens (including phenoxy) is 3. The average molecular weight is 474 g/mol. The van der Waals surface area contributed by atoms with Crippen molar-refractivity contribution in [3.8, 4) is 5.88 Å². The van der Waals surface area contributed by atoms with E-state index in [0.29, 0.717) is 18.4 Å². The summed E-state index contributed by atoms with van der Waals surface area (Å²) in [5.41, 5.74) is 0.498. The van der Waals surface area contributed by atoms with Crippen molar-refractivity contribution in [3.05, 3.63) is 46.6 Å². The molecule has 3 atom stereocenters. The van der Waals surface area contributed by atoms with Crippen LogP contribution in [0.2, 0.25) is 0 Å². The highest BCUT2D eigenvalue weighted by Gasteiger charge is 2.43. The van der Waals surface area contributed by atoms with Crippen molar-refractivity contribution in [1.82, 2.24) is 9.78 Å². The predicted molar refractivity (Wildman–Crippen MR) is 110 cm³/mol. The molecular weight excluding hydrogens is 445 g/mol. The first-order chi connectivity index (χ1) is 15.7. The van der Waals surface area contributed by atoms with Gasteiger partial charge in [-0.2, -0.15) is 13.2 Å². The zero-order valence-corrected chi connectivity index (χ0v) is 18.5. The Morgan fingerprint density at radius 3 is 2.27 bits per heavy atom. The topological polar surface area (TPSA) is 106 Å². The molecule has 0 aliphatic heterocycles. The summed E-state index contributed by atoms with van der Waals surface area (Å²) in [6, 6.07) is 6.74. The van der Waals surface area contributed by atoms with Gasteiger partial charge in [0, 0.05) is 13.5 Å². The van der Waals surface area contributed by atoms with E-state index in [1.54, 1.807) is 12.1 Å². The van der Waals surface area contributed by atoms with Crippen LogP contribution in [0.4, 0.5) is 13.2 Å². The molecule has 1 aliphatic rings. The number of rotatable bonds is 11. The standard InChI is InChI=1S/C22H29F3N2O6/c1-3-13-7-9-14(10-8-13)11-16-18(22(23,24)25)27(15-5-4-6-15)26-19(16)32-21(30)33-20(29)17(12-28)31-2/h7-10,15,17,20-21,28-30H,3-6,11-12H2,1-2H3. The number of aliphatic hydroxyl groups excluding tert-OH is 3. The van der Waals surface area contributed by atoms with Gasteiger partial charge in [0.15, 0.2) is 6.29 Å². The second kappa shape index (κ2) is 10.8. The molecule has 2 aromatic rings. The van der Waals surface area contributed by atoms with Gasteiger partial charge in [-0.15, -0.1) is 5.10 Å². The van der Waals surface area contributed by atoms with Crippen LogP contribution in [0.1, 0.15) is 54.6 Å². The third kappa shape index (κ3) is 6.04. The molecule has 33 heavy (non-hydrogen) atoms. The minimum atomic E-state index is -4.70. The zero-order valence-electron chi connectivity index (χ0n) is 18.5. The molecule has 1 aliphatic carbocycles. The van der Waals surface area contributed by atoms with Gasteiger partial charge in [0.05, 0.1) is 18.2 Å². The fourth-order valence-corrected chi connectivity index (χ4v) is 3.61. The van der Waals surface area contributed by atoms with Gasteiger partial charge in [-0.3, -0.25) is 9.42 Å². The maximum Gasteiger partial charge on any atom is 0.433 e. The van der Waals surface area contributed by atoms with Crippen molar-refractivity contribution in [2.45, 2.75) is 70.1 Å². The smallest absolute Gasteiger partial charge is 0.422 e. The Bertz CT molecular complexity index is 895. The van der Waals surface area contributed by atoms with Crippen LogP contribution in [0.25, 0.3) is 0 Å². The molecule has 184 valence electrons. The van der Waals surface area contributed by atoms with Crippen molar-refractivity contribution < 1.29 is 42.7 Å². The Morgan fingerprint density at radius 2 is 1.79 bits per heavy atom. The van der Waals surface area contributed by atoms with Crippen molar-refractivity contribution >= 4 is 0 Å². The summed E-state index contributed by atoms with van der Waals surface area (Å²) < 4.78 is 58.1. The first kappa shape index (κ1) is 25.4. The molecule has 0 radical (unpaired) electrons. The van der Waals surface area contributed by atoms with E-state index >= 15 is 0 Å². The van der Waals surface area contributed by atoms with E-state index in [1.807, 2.05) is 19.1 Å². The van der Waals surface area contributed by atoms with Crippen molar-refractivity contribution in [2.24, 2.45) is 0 Å². The molecule has 1 aromatic carbocycles. The van der Waals surface area contributed by atoms with Gasteiger partial charge >= 0.3 is 12.7 Å². The summed E-state index contributed by atoms with van der Waals surface area (Å²) in [5.74, 6) is -0.438. The van der Waals surface area contributed by atoms with E-state index in [9.17, 15) is 23.4 Å². The number of hydrogen-bond donors (Lipinski definition) is 3. The number of methoxy groups -OCH3 is 1. The van der Waals surface area contributed by atoms with Gasteiger partial charge in [0.25, 0.3) is 0 Å². The molecule has 3 N–H and O–H groups in total. The van der Waals surface area contributed by atoms with Gasteiger partial charge in [0.1, 0.15) is 11.8 Å². The van der Waals surface area contributed by atoms with Crippen molar-refractivity contribution in [1.29, 1.82) is 0 Å². The molecule has 3 unspecified atom stereocenters. The number of alkyl halides is 3. The van der Waals surface area contributed by atoms with E-state index in [0.717, 1.165) is 23.1 Å². The van der Waals surface area contributed by atoms with Crippen LogP contribution >= 0.6 is 0 Å². The molecule has 8 nitrogen and oxygen atoms in total.